The van der Waals surface area contributed by atoms with Crippen LogP contribution in [0.25, 0.3) is 0 Å². The molecule has 0 unspecified atom stereocenters. The molecule has 1 aromatic carbocycles. The fourth-order valence-corrected chi connectivity index (χ4v) is 3.25. The standard InChI is InChI=1S/C12H18ClN3O5S2/c1-14-22(18,19)7-6-15-12(17)10-8-9(4-5-11(10)13)23(20,21)16(2)3/h4-5,8,14H,6-7H2,1-3H3,(H,15,17). The molecular formula is C12H18ClN3O5S2. The lowest BCUT2D eigenvalue weighted by Gasteiger charge is -2.13. The molecule has 0 fully saturated rings. The minimum absolute atomic E-state index is 0.0450. The second kappa shape index (κ2) is 7.58. The van der Waals surface area contributed by atoms with Crippen molar-refractivity contribution in [1.82, 2.24) is 14.3 Å². The molecule has 0 aromatic heterocycles. The van der Waals surface area contributed by atoms with Crippen LogP contribution in [0, 0.1) is 0 Å². The number of halogens is 1. The quantitative estimate of drug-likeness (QED) is 0.681. The Morgan fingerprint density at radius 1 is 1.22 bits per heavy atom. The number of hydrogen-bond donors (Lipinski definition) is 2. The monoisotopic (exact) mass is 383 g/mol. The third-order valence-electron chi connectivity index (χ3n) is 2.93. The van der Waals surface area contributed by atoms with Gasteiger partial charge in [-0.3, -0.25) is 4.79 Å². The van der Waals surface area contributed by atoms with E-state index in [0.29, 0.717) is 0 Å². The summed E-state index contributed by atoms with van der Waals surface area (Å²) in [4.78, 5) is 12.0. The number of carbonyl (C=O) groups is 1. The molecule has 0 aliphatic carbocycles. The number of rotatable bonds is 7. The summed E-state index contributed by atoms with van der Waals surface area (Å²) < 4.78 is 49.8. The van der Waals surface area contributed by atoms with Crippen molar-refractivity contribution in [3.05, 3.63) is 28.8 Å². The average Bonchev–Trinajstić information content (AvgIpc) is 2.46. The Hall–Kier alpha value is -1.20. The first-order valence-corrected chi connectivity index (χ1v) is 9.90. The second-order valence-corrected chi connectivity index (χ2v) is 9.31. The fraction of sp³-hybridized carbons (Fsp3) is 0.417. The second-order valence-electron chi connectivity index (χ2n) is 4.71. The van der Waals surface area contributed by atoms with Crippen LogP contribution in [0.15, 0.2) is 23.1 Å². The average molecular weight is 384 g/mol. The lowest BCUT2D eigenvalue weighted by Crippen LogP contribution is -2.33. The van der Waals surface area contributed by atoms with Crippen molar-refractivity contribution in [2.45, 2.75) is 4.90 Å². The van der Waals surface area contributed by atoms with Gasteiger partial charge in [0.05, 0.1) is 21.2 Å². The van der Waals surface area contributed by atoms with Gasteiger partial charge in [-0.25, -0.2) is 25.9 Å². The molecule has 130 valence electrons. The molecule has 0 aliphatic heterocycles. The highest BCUT2D eigenvalue weighted by atomic mass is 35.5. The van der Waals surface area contributed by atoms with Gasteiger partial charge in [0.15, 0.2) is 0 Å². The van der Waals surface area contributed by atoms with E-state index in [2.05, 4.69) is 10.0 Å². The van der Waals surface area contributed by atoms with E-state index in [0.717, 1.165) is 10.4 Å². The van der Waals surface area contributed by atoms with Gasteiger partial charge >= 0.3 is 0 Å². The van der Waals surface area contributed by atoms with Crippen molar-refractivity contribution in [2.24, 2.45) is 0 Å². The Morgan fingerprint density at radius 2 is 1.83 bits per heavy atom. The third-order valence-corrected chi connectivity index (χ3v) is 6.43. The van der Waals surface area contributed by atoms with Crippen molar-refractivity contribution in [3.8, 4) is 0 Å². The molecule has 1 rings (SSSR count). The number of nitrogens with one attached hydrogen (secondary N) is 2. The summed E-state index contributed by atoms with van der Waals surface area (Å²) in [6.45, 7) is -0.136. The van der Waals surface area contributed by atoms with Crippen LogP contribution in [-0.2, 0) is 20.0 Å². The molecule has 0 atom stereocenters. The highest BCUT2D eigenvalue weighted by Gasteiger charge is 2.21. The zero-order valence-corrected chi connectivity index (χ0v) is 15.2. The van der Waals surface area contributed by atoms with Gasteiger partial charge in [0.2, 0.25) is 20.0 Å². The summed E-state index contributed by atoms with van der Waals surface area (Å²) in [6.07, 6.45) is 0. The molecule has 11 heteroatoms. The van der Waals surface area contributed by atoms with Crippen molar-refractivity contribution >= 4 is 37.6 Å². The Balaban J connectivity index is 2.98. The van der Waals surface area contributed by atoms with Crippen molar-refractivity contribution in [2.75, 3.05) is 33.4 Å². The number of hydrogen-bond acceptors (Lipinski definition) is 5. The topological polar surface area (TPSA) is 113 Å². The Labute approximate surface area is 140 Å². The number of benzene rings is 1. The lowest BCUT2D eigenvalue weighted by molar-refractivity contribution is 0.0956. The maximum Gasteiger partial charge on any atom is 0.252 e. The van der Waals surface area contributed by atoms with Crippen LogP contribution in [0.1, 0.15) is 10.4 Å². The van der Waals surface area contributed by atoms with Crippen LogP contribution in [0.4, 0.5) is 0 Å². The third kappa shape index (κ3) is 5.15. The molecule has 0 radical (unpaired) electrons. The van der Waals surface area contributed by atoms with Crippen LogP contribution in [0.2, 0.25) is 5.02 Å². The largest absolute Gasteiger partial charge is 0.351 e. The van der Waals surface area contributed by atoms with E-state index in [1.165, 1.54) is 33.3 Å². The summed E-state index contributed by atoms with van der Waals surface area (Å²) in [7, 11) is -3.16. The summed E-state index contributed by atoms with van der Waals surface area (Å²) in [5.74, 6) is -0.958. The molecule has 0 saturated heterocycles. The summed E-state index contributed by atoms with van der Waals surface area (Å²) in [6, 6.07) is 3.75. The highest BCUT2D eigenvalue weighted by Crippen LogP contribution is 2.22. The maximum absolute atomic E-state index is 12.1. The Bertz CT molecular complexity index is 791. The van der Waals surface area contributed by atoms with Gasteiger partial charge < -0.3 is 5.32 Å². The van der Waals surface area contributed by atoms with Gasteiger partial charge in [-0.2, -0.15) is 0 Å². The molecule has 2 N–H and O–H groups in total. The van der Waals surface area contributed by atoms with E-state index in [9.17, 15) is 21.6 Å². The Morgan fingerprint density at radius 3 is 2.35 bits per heavy atom. The van der Waals surface area contributed by atoms with Crippen LogP contribution < -0.4 is 10.0 Å². The zero-order chi connectivity index (χ0) is 17.8. The van der Waals surface area contributed by atoms with E-state index < -0.39 is 26.0 Å². The summed E-state index contributed by atoms with van der Waals surface area (Å²) >= 11 is 5.92. The minimum Gasteiger partial charge on any atom is -0.351 e. The highest BCUT2D eigenvalue weighted by molar-refractivity contribution is 7.89. The molecule has 23 heavy (non-hydrogen) atoms. The molecule has 1 amide bonds. The van der Waals surface area contributed by atoms with Crippen LogP contribution in [0.5, 0.6) is 0 Å². The number of nitrogens with zero attached hydrogens (tertiary/aromatic N) is 1. The summed E-state index contributed by atoms with van der Waals surface area (Å²) in [5, 5.41) is 2.45. The zero-order valence-electron chi connectivity index (χ0n) is 12.8. The Kier molecular flexibility index (Phi) is 6.54. The lowest BCUT2D eigenvalue weighted by atomic mass is 10.2. The van der Waals surface area contributed by atoms with Gasteiger partial charge in [0.25, 0.3) is 5.91 Å². The fourth-order valence-electron chi connectivity index (χ4n) is 1.55. The molecule has 0 spiro atoms. The first-order chi connectivity index (χ1) is 10.5. The minimum atomic E-state index is -3.71. The van der Waals surface area contributed by atoms with Crippen LogP contribution in [0.3, 0.4) is 0 Å². The molecular weight excluding hydrogens is 366 g/mol. The number of amides is 1. The van der Waals surface area contributed by atoms with Crippen molar-refractivity contribution in [3.63, 3.8) is 0 Å². The number of sulfonamides is 2. The first-order valence-electron chi connectivity index (χ1n) is 6.43. The van der Waals surface area contributed by atoms with E-state index >= 15 is 0 Å². The van der Waals surface area contributed by atoms with Gasteiger partial charge in [-0.1, -0.05) is 11.6 Å². The van der Waals surface area contributed by atoms with Crippen LogP contribution >= 0.6 is 11.6 Å². The van der Waals surface area contributed by atoms with E-state index in [1.807, 2.05) is 0 Å². The van der Waals surface area contributed by atoms with Crippen molar-refractivity contribution < 1.29 is 21.6 Å². The molecule has 8 nitrogen and oxygen atoms in total. The first kappa shape index (κ1) is 19.8. The molecule has 0 bridgehead atoms. The predicted octanol–water partition coefficient (Wildman–Crippen LogP) is -0.131. The molecule has 0 saturated carbocycles. The van der Waals surface area contributed by atoms with Gasteiger partial charge in [0, 0.05) is 20.6 Å². The summed E-state index contributed by atoms with van der Waals surface area (Å²) in [5.41, 5.74) is -0.0450. The molecule has 0 aliphatic rings. The van der Waals surface area contributed by atoms with Gasteiger partial charge in [0.1, 0.15) is 0 Å². The van der Waals surface area contributed by atoms with Gasteiger partial charge in [-0.15, -0.1) is 0 Å². The SMILES string of the molecule is CNS(=O)(=O)CCNC(=O)c1cc(S(=O)(=O)N(C)C)ccc1Cl. The predicted molar refractivity (Wildman–Crippen MR) is 87.5 cm³/mol. The molecule has 0 heterocycles. The van der Waals surface area contributed by atoms with E-state index in [4.69, 9.17) is 11.6 Å². The maximum atomic E-state index is 12.1. The van der Waals surface area contributed by atoms with E-state index in [1.54, 1.807) is 0 Å². The van der Waals surface area contributed by atoms with Crippen LogP contribution in [-0.4, -0.2) is 60.5 Å². The van der Waals surface area contributed by atoms with Gasteiger partial charge in [-0.05, 0) is 25.2 Å². The smallest absolute Gasteiger partial charge is 0.252 e. The van der Waals surface area contributed by atoms with Crippen molar-refractivity contribution in [1.29, 1.82) is 0 Å². The van der Waals surface area contributed by atoms with E-state index in [-0.39, 0.29) is 27.8 Å². The molecule has 1 aromatic rings. The normalized spacial score (nSPS) is 12.4. The number of carbonyl (C=O) groups excluding carboxylic acids is 1.